The van der Waals surface area contributed by atoms with Gasteiger partial charge in [0.1, 0.15) is 12.4 Å². The Hall–Kier alpha value is -2.21. The summed E-state index contributed by atoms with van der Waals surface area (Å²) < 4.78 is 40.1. The van der Waals surface area contributed by atoms with Crippen molar-refractivity contribution < 1.29 is 27.5 Å². The number of aryl methyl sites for hydroxylation is 2. The van der Waals surface area contributed by atoms with Crippen LogP contribution in [0.1, 0.15) is 43.2 Å². The number of amides is 2. The Labute approximate surface area is 233 Å². The smallest absolute Gasteiger partial charge is 0.248 e. The number of likely N-dealkylation sites (N-methyl/N-ethyl adjacent to an activating group) is 1. The van der Waals surface area contributed by atoms with E-state index in [1.54, 1.807) is 42.3 Å². The van der Waals surface area contributed by atoms with Crippen LogP contribution in [0.25, 0.3) is 0 Å². The molecule has 3 fully saturated rings. The molecule has 3 saturated heterocycles. The first-order valence-electron chi connectivity index (χ1n) is 14.1. The fraction of sp³-hybridized carbons (Fsp3) is 0.714. The SMILES string of the molecule is COc1cc(C)c(S(=O)(=O)N2CCCCC2COCC(=O)N2CCC(C(=O)N3CCN(C)CC3)CC2)c(C)c1. The number of ether oxygens (including phenoxy) is 2. The zero-order valence-electron chi connectivity index (χ0n) is 23.9. The van der Waals surface area contributed by atoms with Crippen molar-refractivity contribution in [3.63, 3.8) is 0 Å². The molecule has 3 aliphatic rings. The summed E-state index contributed by atoms with van der Waals surface area (Å²) in [5.41, 5.74) is 1.31. The van der Waals surface area contributed by atoms with Crippen LogP contribution in [0.15, 0.2) is 17.0 Å². The number of rotatable bonds is 8. The van der Waals surface area contributed by atoms with E-state index in [-0.39, 0.29) is 37.0 Å². The van der Waals surface area contributed by atoms with Gasteiger partial charge in [-0.25, -0.2) is 8.42 Å². The summed E-state index contributed by atoms with van der Waals surface area (Å²) in [5.74, 6) is 0.720. The van der Waals surface area contributed by atoms with Crippen molar-refractivity contribution in [2.75, 3.05) is 73.2 Å². The van der Waals surface area contributed by atoms with Crippen LogP contribution in [-0.4, -0.2) is 118 Å². The maximum absolute atomic E-state index is 13.7. The van der Waals surface area contributed by atoms with Gasteiger partial charge in [-0.15, -0.1) is 0 Å². The summed E-state index contributed by atoms with van der Waals surface area (Å²) >= 11 is 0. The molecule has 0 bridgehead atoms. The number of piperidine rings is 2. The van der Waals surface area contributed by atoms with Crippen LogP contribution >= 0.6 is 0 Å². The molecule has 3 heterocycles. The van der Waals surface area contributed by atoms with Gasteiger partial charge in [-0.2, -0.15) is 4.31 Å². The molecule has 0 aliphatic carbocycles. The van der Waals surface area contributed by atoms with Crippen LogP contribution in [0.4, 0.5) is 0 Å². The van der Waals surface area contributed by atoms with Gasteiger partial charge < -0.3 is 24.2 Å². The Bertz CT molecular complexity index is 1100. The molecule has 1 aromatic rings. The summed E-state index contributed by atoms with van der Waals surface area (Å²) in [6.45, 7) is 8.56. The molecule has 218 valence electrons. The lowest BCUT2D eigenvalue weighted by Gasteiger charge is -2.37. The molecule has 3 aliphatic heterocycles. The normalized spacial score (nSPS) is 22.2. The van der Waals surface area contributed by atoms with Gasteiger partial charge in [0.2, 0.25) is 21.8 Å². The number of likely N-dealkylation sites (tertiary alicyclic amines) is 1. The number of hydrogen-bond acceptors (Lipinski definition) is 7. The van der Waals surface area contributed by atoms with Crippen LogP contribution < -0.4 is 4.74 Å². The van der Waals surface area contributed by atoms with Crippen LogP contribution in [0.2, 0.25) is 0 Å². The first kappa shape index (κ1) is 29.8. The zero-order chi connectivity index (χ0) is 28.2. The van der Waals surface area contributed by atoms with Gasteiger partial charge in [0.15, 0.2) is 0 Å². The van der Waals surface area contributed by atoms with Gasteiger partial charge in [-0.3, -0.25) is 9.59 Å². The highest BCUT2D eigenvalue weighted by Gasteiger charge is 2.36. The molecule has 0 radical (unpaired) electrons. The molecule has 39 heavy (non-hydrogen) atoms. The molecule has 1 atom stereocenters. The van der Waals surface area contributed by atoms with E-state index in [1.807, 2.05) is 4.90 Å². The van der Waals surface area contributed by atoms with E-state index in [0.29, 0.717) is 60.7 Å². The van der Waals surface area contributed by atoms with Gasteiger partial charge in [0.05, 0.1) is 18.6 Å². The minimum atomic E-state index is -3.73. The Balaban J connectivity index is 1.28. The second-order valence-electron chi connectivity index (χ2n) is 11.2. The average Bonchev–Trinajstić information content (AvgIpc) is 2.92. The van der Waals surface area contributed by atoms with E-state index in [0.717, 1.165) is 39.0 Å². The lowest BCUT2D eigenvalue weighted by molar-refractivity contribution is -0.144. The zero-order valence-corrected chi connectivity index (χ0v) is 24.7. The van der Waals surface area contributed by atoms with Gasteiger partial charge >= 0.3 is 0 Å². The Morgan fingerprint density at radius 3 is 2.15 bits per heavy atom. The third kappa shape index (κ3) is 6.93. The molecule has 2 amide bonds. The fourth-order valence-corrected chi connectivity index (χ4v) is 8.14. The third-order valence-electron chi connectivity index (χ3n) is 8.36. The van der Waals surface area contributed by atoms with Crippen molar-refractivity contribution in [1.29, 1.82) is 0 Å². The maximum Gasteiger partial charge on any atom is 0.248 e. The quantitative estimate of drug-likeness (QED) is 0.476. The Morgan fingerprint density at radius 2 is 1.54 bits per heavy atom. The molecule has 4 rings (SSSR count). The number of hydrogen-bond donors (Lipinski definition) is 0. The predicted molar refractivity (Wildman–Crippen MR) is 148 cm³/mol. The minimum Gasteiger partial charge on any atom is -0.497 e. The molecule has 0 aromatic heterocycles. The summed E-state index contributed by atoms with van der Waals surface area (Å²) in [7, 11) is -0.0932. The van der Waals surface area contributed by atoms with E-state index in [9.17, 15) is 18.0 Å². The molecule has 0 saturated carbocycles. The van der Waals surface area contributed by atoms with E-state index in [4.69, 9.17) is 9.47 Å². The number of carbonyl (C=O) groups excluding carboxylic acids is 2. The van der Waals surface area contributed by atoms with E-state index >= 15 is 0 Å². The Morgan fingerprint density at radius 1 is 0.897 bits per heavy atom. The molecular formula is C28H44N4O6S. The van der Waals surface area contributed by atoms with Gasteiger partial charge in [-0.05, 0) is 69.8 Å². The second kappa shape index (κ2) is 13.0. The molecule has 0 N–H and O–H groups in total. The van der Waals surface area contributed by atoms with Crippen LogP contribution in [0, 0.1) is 19.8 Å². The monoisotopic (exact) mass is 564 g/mol. The highest BCUT2D eigenvalue weighted by Crippen LogP contribution is 2.32. The molecule has 1 aromatic carbocycles. The second-order valence-corrected chi connectivity index (χ2v) is 13.0. The number of methoxy groups -OCH3 is 1. The third-order valence-corrected chi connectivity index (χ3v) is 10.6. The summed E-state index contributed by atoms with van der Waals surface area (Å²) in [6, 6.07) is 3.18. The molecule has 1 unspecified atom stereocenters. The maximum atomic E-state index is 13.7. The number of benzene rings is 1. The molecule has 0 spiro atoms. The first-order valence-corrected chi connectivity index (χ1v) is 15.6. The van der Waals surface area contributed by atoms with Crippen molar-refractivity contribution >= 4 is 21.8 Å². The number of sulfonamides is 1. The van der Waals surface area contributed by atoms with Crippen LogP contribution in [-0.2, 0) is 24.3 Å². The van der Waals surface area contributed by atoms with E-state index < -0.39 is 10.0 Å². The van der Waals surface area contributed by atoms with E-state index in [1.165, 1.54) is 0 Å². The van der Waals surface area contributed by atoms with Crippen molar-refractivity contribution in [3.05, 3.63) is 23.3 Å². The predicted octanol–water partition coefficient (Wildman–Crippen LogP) is 1.88. The lowest BCUT2D eigenvalue weighted by Crippen LogP contribution is -2.51. The van der Waals surface area contributed by atoms with E-state index in [2.05, 4.69) is 11.9 Å². The highest BCUT2D eigenvalue weighted by molar-refractivity contribution is 7.89. The van der Waals surface area contributed by atoms with Gasteiger partial charge in [-0.1, -0.05) is 6.42 Å². The number of carbonyl (C=O) groups is 2. The molecular weight excluding hydrogens is 520 g/mol. The van der Waals surface area contributed by atoms with Crippen molar-refractivity contribution in [2.45, 2.75) is 56.9 Å². The van der Waals surface area contributed by atoms with Crippen molar-refractivity contribution in [2.24, 2.45) is 5.92 Å². The standard InChI is InChI=1S/C28H44N4O6S/c1-21-17-25(37-4)18-22(2)27(21)39(35,36)32-10-6-5-7-24(32)19-38-20-26(33)30-11-8-23(9-12-30)28(34)31-15-13-29(3)14-16-31/h17-18,23-24H,5-16,19-20H2,1-4H3. The minimum absolute atomic E-state index is 0.0238. The topological polar surface area (TPSA) is 99.7 Å². The summed E-state index contributed by atoms with van der Waals surface area (Å²) in [6.07, 6.45) is 3.76. The molecule has 11 heteroatoms. The Kier molecular flexibility index (Phi) is 9.90. The largest absolute Gasteiger partial charge is 0.497 e. The average molecular weight is 565 g/mol. The first-order chi connectivity index (χ1) is 18.6. The van der Waals surface area contributed by atoms with Crippen LogP contribution in [0.3, 0.4) is 0 Å². The fourth-order valence-electron chi connectivity index (χ4n) is 6.04. The highest BCUT2D eigenvalue weighted by atomic mass is 32.2. The molecule has 10 nitrogen and oxygen atoms in total. The van der Waals surface area contributed by atoms with Gasteiger partial charge in [0.25, 0.3) is 0 Å². The number of piperazine rings is 1. The van der Waals surface area contributed by atoms with Crippen molar-refractivity contribution in [3.8, 4) is 5.75 Å². The van der Waals surface area contributed by atoms with Crippen LogP contribution in [0.5, 0.6) is 5.75 Å². The summed E-state index contributed by atoms with van der Waals surface area (Å²) in [5, 5.41) is 0. The lowest BCUT2D eigenvalue weighted by atomic mass is 9.95. The van der Waals surface area contributed by atoms with Gasteiger partial charge in [0, 0.05) is 57.8 Å². The van der Waals surface area contributed by atoms with Crippen molar-refractivity contribution in [1.82, 2.24) is 19.0 Å². The number of nitrogens with zero attached hydrogens (tertiary/aromatic N) is 4. The summed E-state index contributed by atoms with van der Waals surface area (Å²) in [4.78, 5) is 32.0.